The number of para-hydroxylation sites is 1. The molecule has 7 nitrogen and oxygen atoms in total. The van der Waals surface area contributed by atoms with Crippen LogP contribution < -0.4 is 4.90 Å². The smallest absolute Gasteiger partial charge is 0.302 e. The third-order valence-corrected chi connectivity index (χ3v) is 4.91. The minimum atomic E-state index is -0.672. The van der Waals surface area contributed by atoms with Crippen molar-refractivity contribution in [1.82, 2.24) is 14.7 Å². The second-order valence-electron chi connectivity index (χ2n) is 7.03. The fourth-order valence-electron chi connectivity index (χ4n) is 3.70. The van der Waals surface area contributed by atoms with Crippen LogP contribution in [0.15, 0.2) is 53.3 Å². The van der Waals surface area contributed by atoms with E-state index in [9.17, 15) is 14.0 Å². The van der Waals surface area contributed by atoms with E-state index in [2.05, 4.69) is 11.6 Å². The summed E-state index contributed by atoms with van der Waals surface area (Å²) in [4.78, 5) is 36.3. The zero-order chi connectivity index (χ0) is 19.5. The number of carbonyl (C=O) groups is 2. The number of nitrogens with zero attached hydrogens (tertiary/aromatic N) is 5. The predicted octanol–water partition coefficient (Wildman–Crippen LogP) is 2.34. The van der Waals surface area contributed by atoms with Crippen LogP contribution in [0.25, 0.3) is 0 Å². The minimum Gasteiger partial charge on any atom is -0.302 e. The van der Waals surface area contributed by atoms with Crippen molar-refractivity contribution in [1.29, 1.82) is 0 Å². The first-order valence-electron chi connectivity index (χ1n) is 8.63. The van der Waals surface area contributed by atoms with Gasteiger partial charge < -0.3 is 9.80 Å². The zero-order valence-electron chi connectivity index (χ0n) is 15.4. The Balaban J connectivity index is 1.74. The summed E-state index contributed by atoms with van der Waals surface area (Å²) in [6, 6.07) is 5.31. The van der Waals surface area contributed by atoms with Gasteiger partial charge in [-0.1, -0.05) is 24.3 Å². The van der Waals surface area contributed by atoms with Gasteiger partial charge in [-0.2, -0.15) is 0 Å². The first kappa shape index (κ1) is 17.3. The standard InChI is InChI=1S/C19H20FN5O2/c1-11(2)9-24-17(26)15-16(22(4)19(24)27)21-18-23(15)10-12(3)25(18)14-8-6-5-7-13(14)20/h5-8,10,15-16H,1,9H2,2-4H3. The number of hydrogen-bond donors (Lipinski definition) is 0. The molecule has 4 rings (SSSR count). The number of rotatable bonds is 3. The molecule has 0 bridgehead atoms. The van der Waals surface area contributed by atoms with Gasteiger partial charge in [0.1, 0.15) is 5.82 Å². The molecule has 27 heavy (non-hydrogen) atoms. The second-order valence-corrected chi connectivity index (χ2v) is 7.03. The van der Waals surface area contributed by atoms with Crippen LogP contribution in [0.2, 0.25) is 0 Å². The van der Waals surface area contributed by atoms with Crippen LogP contribution in [0.1, 0.15) is 13.8 Å². The lowest BCUT2D eigenvalue weighted by Crippen LogP contribution is -2.64. The average molecular weight is 369 g/mol. The molecule has 0 spiro atoms. The van der Waals surface area contributed by atoms with Crippen LogP contribution in [0.4, 0.5) is 14.9 Å². The molecule has 1 aromatic carbocycles. The molecule has 1 fully saturated rings. The number of halogens is 1. The van der Waals surface area contributed by atoms with Gasteiger partial charge in [0.05, 0.1) is 12.2 Å². The molecule has 0 radical (unpaired) electrons. The highest BCUT2D eigenvalue weighted by Gasteiger charge is 2.54. The Hall–Kier alpha value is -3.16. The highest BCUT2D eigenvalue weighted by Crippen LogP contribution is 2.37. The number of anilines is 1. The highest BCUT2D eigenvalue weighted by atomic mass is 19.1. The van der Waals surface area contributed by atoms with Crippen molar-refractivity contribution in [3.05, 3.63) is 54.1 Å². The van der Waals surface area contributed by atoms with Crippen molar-refractivity contribution in [2.45, 2.75) is 26.1 Å². The highest BCUT2D eigenvalue weighted by molar-refractivity contribution is 6.10. The number of likely N-dealkylation sites (N-methyl/N-ethyl adjacent to an activating group) is 1. The number of allylic oxidation sites excluding steroid dienone is 1. The molecular weight excluding hydrogens is 349 g/mol. The first-order valence-corrected chi connectivity index (χ1v) is 8.63. The van der Waals surface area contributed by atoms with Gasteiger partial charge in [-0.25, -0.2) is 14.2 Å². The quantitative estimate of drug-likeness (QED) is 0.768. The van der Waals surface area contributed by atoms with Crippen LogP contribution in [0, 0.1) is 5.82 Å². The largest absolute Gasteiger partial charge is 0.328 e. The lowest BCUT2D eigenvalue weighted by atomic mass is 10.1. The minimum absolute atomic E-state index is 0.161. The fraction of sp³-hybridized carbons (Fsp3) is 0.316. The molecule has 2 atom stereocenters. The van der Waals surface area contributed by atoms with E-state index in [1.807, 2.05) is 6.92 Å². The third-order valence-electron chi connectivity index (χ3n) is 4.91. The van der Waals surface area contributed by atoms with E-state index in [4.69, 9.17) is 0 Å². The number of aliphatic imine (C=N–C) groups is 1. The van der Waals surface area contributed by atoms with Crippen molar-refractivity contribution >= 4 is 23.6 Å². The number of amides is 3. The Bertz CT molecular complexity index is 924. The molecule has 1 aromatic rings. The van der Waals surface area contributed by atoms with Gasteiger partial charge in [0.25, 0.3) is 5.91 Å². The van der Waals surface area contributed by atoms with Gasteiger partial charge in [0, 0.05) is 18.9 Å². The van der Waals surface area contributed by atoms with Crippen molar-refractivity contribution in [2.75, 3.05) is 18.5 Å². The normalized spacial score (nSPS) is 24.1. The molecule has 8 heteroatoms. The molecular formula is C19H20FN5O2. The fourth-order valence-corrected chi connectivity index (χ4v) is 3.70. The molecule has 2 unspecified atom stereocenters. The maximum absolute atomic E-state index is 14.4. The van der Waals surface area contributed by atoms with Gasteiger partial charge in [0.2, 0.25) is 5.96 Å². The SMILES string of the molecule is C=C(C)CN1C(=O)C2C(N=C3N(c4ccccc4F)C(C)=CN32)N(C)C1=O. The summed E-state index contributed by atoms with van der Waals surface area (Å²) in [7, 11) is 1.62. The Kier molecular flexibility index (Phi) is 3.80. The summed E-state index contributed by atoms with van der Waals surface area (Å²) < 4.78 is 14.4. The Morgan fingerprint density at radius 2 is 2.00 bits per heavy atom. The molecule has 3 amide bonds. The number of urea groups is 1. The lowest BCUT2D eigenvalue weighted by Gasteiger charge is -2.40. The third kappa shape index (κ3) is 2.43. The van der Waals surface area contributed by atoms with Crippen LogP contribution >= 0.6 is 0 Å². The summed E-state index contributed by atoms with van der Waals surface area (Å²) in [5, 5.41) is 0. The summed E-state index contributed by atoms with van der Waals surface area (Å²) in [5.41, 5.74) is 1.81. The van der Waals surface area contributed by atoms with E-state index in [0.717, 1.165) is 5.70 Å². The van der Waals surface area contributed by atoms with E-state index in [1.54, 1.807) is 48.2 Å². The van der Waals surface area contributed by atoms with E-state index in [1.165, 1.54) is 15.9 Å². The van der Waals surface area contributed by atoms with Crippen LogP contribution in [-0.4, -0.2) is 58.4 Å². The van der Waals surface area contributed by atoms with E-state index < -0.39 is 18.2 Å². The Morgan fingerprint density at radius 3 is 2.67 bits per heavy atom. The van der Waals surface area contributed by atoms with Crippen LogP contribution in [0.5, 0.6) is 0 Å². The van der Waals surface area contributed by atoms with Crippen molar-refractivity contribution < 1.29 is 14.0 Å². The van der Waals surface area contributed by atoms with E-state index >= 15 is 0 Å². The molecule has 140 valence electrons. The van der Waals surface area contributed by atoms with Gasteiger partial charge >= 0.3 is 6.03 Å². The van der Waals surface area contributed by atoms with Gasteiger partial charge in [-0.05, 0) is 26.0 Å². The molecule has 1 saturated heterocycles. The van der Waals surface area contributed by atoms with E-state index in [0.29, 0.717) is 17.2 Å². The molecule has 0 aromatic heterocycles. The van der Waals surface area contributed by atoms with Gasteiger partial charge in [-0.15, -0.1) is 0 Å². The topological polar surface area (TPSA) is 59.5 Å². The number of imide groups is 1. The van der Waals surface area contributed by atoms with E-state index in [-0.39, 0.29) is 18.3 Å². The van der Waals surface area contributed by atoms with Crippen molar-refractivity contribution in [3.8, 4) is 0 Å². The maximum atomic E-state index is 14.4. The summed E-state index contributed by atoms with van der Waals surface area (Å²) >= 11 is 0. The van der Waals surface area contributed by atoms with Crippen molar-refractivity contribution in [3.63, 3.8) is 0 Å². The average Bonchev–Trinajstić information content (AvgIpc) is 3.12. The lowest BCUT2D eigenvalue weighted by molar-refractivity contribution is -0.136. The molecule has 3 aliphatic heterocycles. The summed E-state index contributed by atoms with van der Waals surface area (Å²) in [5.74, 6) is -0.272. The Morgan fingerprint density at radius 1 is 1.30 bits per heavy atom. The number of carbonyl (C=O) groups excluding carboxylic acids is 2. The van der Waals surface area contributed by atoms with Gasteiger partial charge in [-0.3, -0.25) is 14.6 Å². The van der Waals surface area contributed by atoms with Crippen molar-refractivity contribution in [2.24, 2.45) is 4.99 Å². The molecule has 0 N–H and O–H groups in total. The predicted molar refractivity (Wildman–Crippen MR) is 99.2 cm³/mol. The molecule has 0 saturated carbocycles. The van der Waals surface area contributed by atoms with Crippen LogP contribution in [0.3, 0.4) is 0 Å². The number of fused-ring (bicyclic) bond motifs is 3. The Labute approximate surface area is 156 Å². The monoisotopic (exact) mass is 369 g/mol. The summed E-state index contributed by atoms with van der Waals surface area (Å²) in [6.07, 6.45) is 1.12. The number of hydrogen-bond acceptors (Lipinski definition) is 5. The number of guanidine groups is 1. The van der Waals surface area contributed by atoms with Gasteiger partial charge in [0.15, 0.2) is 12.2 Å². The first-order chi connectivity index (χ1) is 12.8. The molecule has 3 heterocycles. The second kappa shape index (κ2) is 5.94. The molecule has 3 aliphatic rings. The number of benzene rings is 1. The molecule has 0 aliphatic carbocycles. The summed E-state index contributed by atoms with van der Waals surface area (Å²) in [6.45, 7) is 7.56. The zero-order valence-corrected chi connectivity index (χ0v) is 15.4. The van der Waals surface area contributed by atoms with Crippen LogP contribution in [-0.2, 0) is 4.79 Å². The maximum Gasteiger partial charge on any atom is 0.328 e.